The van der Waals surface area contributed by atoms with Crippen molar-refractivity contribution in [1.82, 2.24) is 0 Å². The van der Waals surface area contributed by atoms with Gasteiger partial charge >= 0.3 is 0 Å². The standard InChI is InChI=1S/C29H31F3N4O3S/c1-8-18(2)34-26(39-12-11-37)23-13-22(15-25(30)19(23)3)36(28(4,5)17-38)27(40)35(7)21-10-9-20(16-33)24(14-21)29(6,31)32/h9-11,13-15,17H,2,8,12H2,1,3-7H3. The molecule has 7 nitrogen and oxygen atoms in total. The zero-order valence-corrected chi connectivity index (χ0v) is 24.0. The topological polar surface area (TPSA) is 86.0 Å². The first-order valence-electron chi connectivity index (χ1n) is 12.2. The van der Waals surface area contributed by atoms with Crippen LogP contribution in [0.4, 0.5) is 24.5 Å². The molecule has 0 aliphatic heterocycles. The molecule has 40 heavy (non-hydrogen) atoms. The second-order valence-corrected chi connectivity index (χ2v) is 9.96. The van der Waals surface area contributed by atoms with Crippen LogP contribution < -0.4 is 9.80 Å². The van der Waals surface area contributed by atoms with Crippen molar-refractivity contribution in [2.75, 3.05) is 23.5 Å². The number of anilines is 2. The lowest BCUT2D eigenvalue weighted by Gasteiger charge is -2.40. The number of aliphatic imine (C=N–C) groups is 1. The molecule has 0 saturated carbocycles. The SMILES string of the molecule is C=C(CC)N=C(OCC=O)c1cc(N(C(=S)N(C)c2ccc(C#N)c(C(C)(F)F)c2)C(C)(C)C=O)cc(F)c1C. The van der Waals surface area contributed by atoms with E-state index in [1.807, 2.05) is 6.92 Å². The minimum atomic E-state index is -3.31. The van der Waals surface area contributed by atoms with E-state index in [0.29, 0.717) is 31.6 Å². The van der Waals surface area contributed by atoms with E-state index in [0.717, 1.165) is 6.07 Å². The van der Waals surface area contributed by atoms with Gasteiger partial charge in [0.25, 0.3) is 5.92 Å². The fourth-order valence-corrected chi connectivity index (χ4v) is 4.17. The summed E-state index contributed by atoms with van der Waals surface area (Å²) in [6.45, 7) is 10.6. The molecule has 0 N–H and O–H groups in total. The molecule has 0 amide bonds. The monoisotopic (exact) mass is 572 g/mol. The number of carbonyl (C=O) groups is 2. The molecule has 0 spiro atoms. The first-order valence-corrected chi connectivity index (χ1v) is 12.6. The Morgan fingerprint density at radius 2 is 1.85 bits per heavy atom. The highest BCUT2D eigenvalue weighted by Gasteiger charge is 2.34. The van der Waals surface area contributed by atoms with Gasteiger partial charge in [0.15, 0.2) is 11.4 Å². The number of halogens is 3. The quantitative estimate of drug-likeness (QED) is 0.145. The van der Waals surface area contributed by atoms with E-state index in [9.17, 15) is 23.6 Å². The predicted octanol–water partition coefficient (Wildman–Crippen LogP) is 6.21. The van der Waals surface area contributed by atoms with Crippen molar-refractivity contribution in [3.8, 4) is 6.07 Å². The summed E-state index contributed by atoms with van der Waals surface area (Å²) in [5.41, 5.74) is -0.851. The zero-order chi connectivity index (χ0) is 30.4. The number of hydrogen-bond acceptors (Lipinski definition) is 6. The number of allylic oxidation sites excluding steroid dienone is 1. The van der Waals surface area contributed by atoms with Crippen LogP contribution in [-0.4, -0.2) is 42.8 Å². The Morgan fingerprint density at radius 3 is 2.38 bits per heavy atom. The smallest absolute Gasteiger partial charge is 0.271 e. The van der Waals surface area contributed by atoms with E-state index in [4.69, 9.17) is 17.0 Å². The van der Waals surface area contributed by atoms with Crippen molar-refractivity contribution in [3.63, 3.8) is 0 Å². The van der Waals surface area contributed by atoms with Gasteiger partial charge in [0.1, 0.15) is 18.7 Å². The Bertz CT molecular complexity index is 1390. The number of benzene rings is 2. The Kier molecular flexibility index (Phi) is 10.4. The summed E-state index contributed by atoms with van der Waals surface area (Å²) in [6, 6.07) is 8.30. The average molecular weight is 573 g/mol. The van der Waals surface area contributed by atoms with Crippen molar-refractivity contribution in [2.45, 2.75) is 52.5 Å². The fraction of sp³-hybridized carbons (Fsp3) is 0.345. The first-order chi connectivity index (χ1) is 18.6. The summed E-state index contributed by atoms with van der Waals surface area (Å²) in [4.78, 5) is 30.3. The fourth-order valence-electron chi connectivity index (χ4n) is 3.73. The molecule has 0 unspecified atom stereocenters. The highest BCUT2D eigenvalue weighted by atomic mass is 32.1. The van der Waals surface area contributed by atoms with Gasteiger partial charge in [-0.1, -0.05) is 13.5 Å². The Morgan fingerprint density at radius 1 is 1.20 bits per heavy atom. The van der Waals surface area contributed by atoms with E-state index in [2.05, 4.69) is 11.6 Å². The second kappa shape index (κ2) is 12.9. The van der Waals surface area contributed by atoms with Gasteiger partial charge in [-0.2, -0.15) is 5.26 Å². The van der Waals surface area contributed by atoms with Gasteiger partial charge in [0, 0.05) is 42.2 Å². The maximum Gasteiger partial charge on any atom is 0.271 e. The lowest BCUT2D eigenvalue weighted by atomic mass is 10.0. The third-order valence-electron chi connectivity index (χ3n) is 6.10. The van der Waals surface area contributed by atoms with Crippen LogP contribution in [0.1, 0.15) is 56.4 Å². The van der Waals surface area contributed by atoms with Gasteiger partial charge in [-0.15, -0.1) is 0 Å². The van der Waals surface area contributed by atoms with Crippen LogP contribution >= 0.6 is 12.2 Å². The van der Waals surface area contributed by atoms with Gasteiger partial charge in [0.05, 0.1) is 17.2 Å². The van der Waals surface area contributed by atoms with Gasteiger partial charge in [0.2, 0.25) is 5.90 Å². The van der Waals surface area contributed by atoms with Gasteiger partial charge in [-0.3, -0.25) is 4.79 Å². The van der Waals surface area contributed by atoms with E-state index in [1.54, 1.807) is 19.9 Å². The Hall–Kier alpha value is -4.04. The molecule has 0 fully saturated rings. The highest BCUT2D eigenvalue weighted by molar-refractivity contribution is 7.80. The summed E-state index contributed by atoms with van der Waals surface area (Å²) in [5.74, 6) is -4.01. The molecule has 0 aliphatic rings. The molecule has 0 aliphatic carbocycles. The summed E-state index contributed by atoms with van der Waals surface area (Å²) >= 11 is 5.71. The number of hydrogen-bond donors (Lipinski definition) is 0. The van der Waals surface area contributed by atoms with Crippen LogP contribution in [0, 0.1) is 24.1 Å². The maximum atomic E-state index is 15.4. The van der Waals surface area contributed by atoms with Crippen LogP contribution in [0.5, 0.6) is 0 Å². The number of aldehydes is 2. The van der Waals surface area contributed by atoms with Gasteiger partial charge < -0.3 is 19.3 Å². The molecule has 0 bridgehead atoms. The molecule has 0 aromatic heterocycles. The molecule has 212 valence electrons. The average Bonchev–Trinajstić information content (AvgIpc) is 2.91. The van der Waals surface area contributed by atoms with Crippen LogP contribution in [-0.2, 0) is 20.2 Å². The number of alkyl halides is 2. The minimum absolute atomic E-state index is 0.0216. The first kappa shape index (κ1) is 32.2. The van der Waals surface area contributed by atoms with E-state index < -0.39 is 22.8 Å². The van der Waals surface area contributed by atoms with Crippen molar-refractivity contribution in [2.24, 2.45) is 4.99 Å². The van der Waals surface area contributed by atoms with Crippen molar-refractivity contribution < 1.29 is 27.5 Å². The van der Waals surface area contributed by atoms with E-state index in [-0.39, 0.29) is 45.7 Å². The summed E-state index contributed by atoms with van der Waals surface area (Å²) in [6.07, 6.45) is 1.61. The Balaban J connectivity index is 2.76. The number of rotatable bonds is 10. The number of thiocarbonyl (C=S) groups is 1. The second-order valence-electron chi connectivity index (χ2n) is 9.59. The van der Waals surface area contributed by atoms with Gasteiger partial charge in [-0.25, -0.2) is 18.2 Å². The van der Waals surface area contributed by atoms with Crippen molar-refractivity contribution >= 4 is 47.2 Å². The summed E-state index contributed by atoms with van der Waals surface area (Å²) in [5, 5.41) is 9.27. The number of ether oxygens (including phenoxy) is 1. The van der Waals surface area contributed by atoms with Crippen LogP contribution in [0.2, 0.25) is 0 Å². The predicted molar refractivity (Wildman–Crippen MR) is 153 cm³/mol. The molecule has 0 saturated heterocycles. The number of nitrogens with zero attached hydrogens (tertiary/aromatic N) is 4. The number of nitriles is 1. The third-order valence-corrected chi connectivity index (χ3v) is 6.56. The van der Waals surface area contributed by atoms with Crippen LogP contribution in [0.25, 0.3) is 0 Å². The lowest BCUT2D eigenvalue weighted by Crippen LogP contribution is -2.54. The molecule has 0 atom stereocenters. The Labute approximate surface area is 237 Å². The normalized spacial score (nSPS) is 11.8. The van der Waals surface area contributed by atoms with Crippen molar-refractivity contribution in [3.05, 3.63) is 70.7 Å². The van der Waals surface area contributed by atoms with Crippen LogP contribution in [0.3, 0.4) is 0 Å². The molecule has 11 heteroatoms. The molecule has 2 rings (SSSR count). The summed E-state index contributed by atoms with van der Waals surface area (Å²) < 4.78 is 49.4. The van der Waals surface area contributed by atoms with Gasteiger partial charge in [-0.05, 0) is 75.3 Å². The minimum Gasteiger partial charge on any atom is -0.470 e. The van der Waals surface area contributed by atoms with E-state index >= 15 is 4.39 Å². The van der Waals surface area contributed by atoms with Crippen LogP contribution in [0.15, 0.2) is 47.6 Å². The van der Waals surface area contributed by atoms with E-state index in [1.165, 1.54) is 48.0 Å². The maximum absolute atomic E-state index is 15.4. The molecule has 2 aromatic carbocycles. The number of carbonyl (C=O) groups excluding carboxylic acids is 2. The van der Waals surface area contributed by atoms with Crippen molar-refractivity contribution in [1.29, 1.82) is 5.26 Å². The zero-order valence-electron chi connectivity index (χ0n) is 23.2. The third kappa shape index (κ3) is 7.12. The molecular weight excluding hydrogens is 541 g/mol. The molecule has 2 aromatic rings. The molecular formula is C29H31F3N4O3S. The summed E-state index contributed by atoms with van der Waals surface area (Å²) in [7, 11) is 1.51. The molecule has 0 radical (unpaired) electrons. The largest absolute Gasteiger partial charge is 0.470 e. The highest BCUT2D eigenvalue weighted by Crippen LogP contribution is 2.34. The molecule has 0 heterocycles. The lowest BCUT2D eigenvalue weighted by molar-refractivity contribution is -0.111.